The van der Waals surface area contributed by atoms with Crippen LogP contribution < -0.4 is 0 Å². The molecule has 1 aromatic rings. The molecule has 0 aromatic heterocycles. The van der Waals surface area contributed by atoms with Crippen LogP contribution in [0.25, 0.3) is 0 Å². The van der Waals surface area contributed by atoms with Gasteiger partial charge in [-0.1, -0.05) is 36.1 Å². The number of hydrogen-bond donors (Lipinski definition) is 0. The van der Waals surface area contributed by atoms with E-state index in [-0.39, 0.29) is 12.8 Å². The number of methoxy groups -OCH3 is 3. The second-order valence-electron chi connectivity index (χ2n) is 5.04. The van der Waals surface area contributed by atoms with Crippen LogP contribution in [-0.2, 0) is 28.6 Å². The Morgan fingerprint density at radius 1 is 1.00 bits per heavy atom. The largest absolute Gasteiger partial charge is 0.468 e. The van der Waals surface area contributed by atoms with Gasteiger partial charge in [0, 0.05) is 18.1 Å². The predicted octanol–water partition coefficient (Wildman–Crippen LogP) is 1.88. The molecule has 25 heavy (non-hydrogen) atoms. The molecule has 0 N–H and O–H groups in total. The van der Waals surface area contributed by atoms with E-state index in [0.29, 0.717) is 0 Å². The highest BCUT2D eigenvalue weighted by Crippen LogP contribution is 2.30. The minimum absolute atomic E-state index is 0.106. The summed E-state index contributed by atoms with van der Waals surface area (Å²) in [4.78, 5) is 35.8. The van der Waals surface area contributed by atoms with Gasteiger partial charge in [0.15, 0.2) is 5.41 Å². The molecule has 0 amide bonds. The van der Waals surface area contributed by atoms with Gasteiger partial charge in [-0.3, -0.25) is 9.59 Å². The minimum atomic E-state index is -1.66. The van der Waals surface area contributed by atoms with E-state index >= 15 is 0 Å². The molecule has 0 radical (unpaired) electrons. The summed E-state index contributed by atoms with van der Waals surface area (Å²) < 4.78 is 14.0. The number of rotatable bonds is 6. The normalized spacial score (nSPS) is 10.5. The van der Waals surface area contributed by atoms with E-state index in [4.69, 9.17) is 9.47 Å². The molecule has 0 atom stereocenters. The number of carbonyl (C=O) groups excluding carboxylic acids is 3. The van der Waals surface area contributed by atoms with Gasteiger partial charge in [0.25, 0.3) is 0 Å². The van der Waals surface area contributed by atoms with Gasteiger partial charge in [-0.05, 0) is 18.6 Å². The summed E-state index contributed by atoms with van der Waals surface area (Å²) >= 11 is 0. The number of carbonyl (C=O) groups is 3. The Morgan fingerprint density at radius 2 is 1.60 bits per heavy atom. The first-order valence-electron chi connectivity index (χ1n) is 7.45. The first-order chi connectivity index (χ1) is 12.0. The monoisotopic (exact) mass is 344 g/mol. The van der Waals surface area contributed by atoms with Crippen LogP contribution in [0.4, 0.5) is 0 Å². The fourth-order valence-corrected chi connectivity index (χ4v) is 2.10. The van der Waals surface area contributed by atoms with Gasteiger partial charge in [-0.15, -0.1) is 0 Å². The number of allylic oxidation sites excluding steroid dienone is 1. The molecule has 1 rings (SSSR count). The molecule has 0 saturated heterocycles. The summed E-state index contributed by atoms with van der Waals surface area (Å²) in [7, 11) is 3.58. The number of ether oxygens (including phenoxy) is 3. The molecular formula is C19H20O6. The molecular weight excluding hydrogens is 324 g/mol. The maximum atomic E-state index is 12.3. The fourth-order valence-electron chi connectivity index (χ4n) is 2.10. The lowest BCUT2D eigenvalue weighted by Gasteiger charge is -2.24. The molecule has 6 heteroatoms. The second-order valence-corrected chi connectivity index (χ2v) is 5.04. The quantitative estimate of drug-likeness (QED) is 0.258. The molecule has 0 spiro atoms. The lowest BCUT2D eigenvalue weighted by Crippen LogP contribution is -2.40. The van der Waals surface area contributed by atoms with Crippen LogP contribution in [0.2, 0.25) is 0 Å². The van der Waals surface area contributed by atoms with Crippen molar-refractivity contribution < 1.29 is 28.6 Å². The minimum Gasteiger partial charge on any atom is -0.468 e. The Hall–Kier alpha value is -3.07. The Balaban J connectivity index is 3.13. The summed E-state index contributed by atoms with van der Waals surface area (Å²) in [6, 6.07) is 9.13. The van der Waals surface area contributed by atoms with E-state index in [1.54, 1.807) is 0 Å². The van der Waals surface area contributed by atoms with Gasteiger partial charge in [0.2, 0.25) is 0 Å². The predicted molar refractivity (Wildman–Crippen MR) is 90.2 cm³/mol. The molecule has 0 aliphatic heterocycles. The smallest absolute Gasteiger partial charge is 0.330 e. The Morgan fingerprint density at radius 3 is 2.12 bits per heavy atom. The van der Waals surface area contributed by atoms with Crippen LogP contribution in [0.15, 0.2) is 42.5 Å². The van der Waals surface area contributed by atoms with Crippen LogP contribution in [0.5, 0.6) is 0 Å². The van der Waals surface area contributed by atoms with E-state index in [1.165, 1.54) is 27.4 Å². The number of hydrogen-bond acceptors (Lipinski definition) is 6. The van der Waals surface area contributed by atoms with E-state index in [0.717, 1.165) is 11.6 Å². The standard InChI is InChI=1S/C19H20O6/c1-23-16(20)12-8-14-19(17(21)24-2,18(22)25-3)13-7-11-15-9-5-4-6-10-15/h4-6,8-10,12H,13-14H2,1-3H3/b12-8+. The van der Waals surface area contributed by atoms with Gasteiger partial charge < -0.3 is 14.2 Å². The van der Waals surface area contributed by atoms with Crippen LogP contribution in [0.3, 0.4) is 0 Å². The van der Waals surface area contributed by atoms with E-state index < -0.39 is 23.3 Å². The Labute approximate surface area is 146 Å². The molecule has 6 nitrogen and oxygen atoms in total. The fraction of sp³-hybridized carbons (Fsp3) is 0.316. The zero-order valence-electron chi connectivity index (χ0n) is 14.4. The SMILES string of the molecule is COC(=O)/C=C/CC(CC#Cc1ccccc1)(C(=O)OC)C(=O)OC. The maximum absolute atomic E-state index is 12.3. The summed E-state index contributed by atoms with van der Waals surface area (Å²) in [5.41, 5.74) is -0.910. The van der Waals surface area contributed by atoms with E-state index in [9.17, 15) is 14.4 Å². The van der Waals surface area contributed by atoms with Crippen molar-refractivity contribution in [2.75, 3.05) is 21.3 Å². The summed E-state index contributed by atoms with van der Waals surface area (Å²) in [5.74, 6) is 3.55. The first-order valence-corrected chi connectivity index (χ1v) is 7.45. The molecule has 0 aliphatic carbocycles. The average Bonchev–Trinajstić information content (AvgIpc) is 2.66. The summed E-state index contributed by atoms with van der Waals surface area (Å²) in [6.45, 7) is 0. The van der Waals surface area contributed by atoms with Crippen molar-refractivity contribution in [2.45, 2.75) is 12.8 Å². The van der Waals surface area contributed by atoms with Crippen molar-refractivity contribution in [2.24, 2.45) is 5.41 Å². The van der Waals surface area contributed by atoms with Crippen LogP contribution in [0.1, 0.15) is 18.4 Å². The molecule has 132 valence electrons. The van der Waals surface area contributed by atoms with E-state index in [2.05, 4.69) is 16.6 Å². The molecule has 0 bridgehead atoms. The third kappa shape index (κ3) is 5.50. The van der Waals surface area contributed by atoms with Crippen molar-refractivity contribution in [1.29, 1.82) is 0 Å². The molecule has 0 unspecified atom stereocenters. The third-order valence-electron chi connectivity index (χ3n) is 3.47. The summed E-state index contributed by atoms with van der Waals surface area (Å²) in [5, 5.41) is 0. The van der Waals surface area contributed by atoms with Crippen molar-refractivity contribution in [3.05, 3.63) is 48.0 Å². The van der Waals surface area contributed by atoms with Crippen LogP contribution in [0, 0.1) is 17.3 Å². The third-order valence-corrected chi connectivity index (χ3v) is 3.47. The van der Waals surface area contributed by atoms with Gasteiger partial charge in [0.1, 0.15) is 0 Å². The zero-order chi connectivity index (χ0) is 18.7. The van der Waals surface area contributed by atoms with Gasteiger partial charge in [-0.2, -0.15) is 0 Å². The van der Waals surface area contributed by atoms with Crippen molar-refractivity contribution in [1.82, 2.24) is 0 Å². The topological polar surface area (TPSA) is 78.9 Å². The Kier molecular flexibility index (Phi) is 7.94. The highest BCUT2D eigenvalue weighted by molar-refractivity contribution is 6.00. The highest BCUT2D eigenvalue weighted by atomic mass is 16.5. The van der Waals surface area contributed by atoms with Gasteiger partial charge >= 0.3 is 17.9 Å². The lowest BCUT2D eigenvalue weighted by atomic mass is 9.81. The average molecular weight is 344 g/mol. The van der Waals surface area contributed by atoms with Crippen molar-refractivity contribution >= 4 is 17.9 Å². The van der Waals surface area contributed by atoms with Gasteiger partial charge in [0.05, 0.1) is 21.3 Å². The van der Waals surface area contributed by atoms with Crippen molar-refractivity contribution in [3.8, 4) is 11.8 Å². The number of esters is 3. The van der Waals surface area contributed by atoms with Gasteiger partial charge in [-0.25, -0.2) is 4.79 Å². The van der Waals surface area contributed by atoms with Crippen LogP contribution >= 0.6 is 0 Å². The summed E-state index contributed by atoms with van der Waals surface area (Å²) in [6.07, 6.45) is 2.27. The molecule has 0 saturated carbocycles. The molecule has 0 heterocycles. The van der Waals surface area contributed by atoms with Crippen molar-refractivity contribution in [3.63, 3.8) is 0 Å². The first kappa shape index (κ1) is 20.0. The maximum Gasteiger partial charge on any atom is 0.330 e. The van der Waals surface area contributed by atoms with Crippen LogP contribution in [-0.4, -0.2) is 39.2 Å². The number of benzene rings is 1. The zero-order valence-corrected chi connectivity index (χ0v) is 14.4. The second kappa shape index (κ2) is 9.93. The highest BCUT2D eigenvalue weighted by Gasteiger charge is 2.47. The molecule has 0 aliphatic rings. The molecule has 1 aromatic carbocycles. The lowest BCUT2D eigenvalue weighted by molar-refractivity contribution is -0.168. The van der Waals surface area contributed by atoms with E-state index in [1.807, 2.05) is 30.3 Å². The molecule has 0 fully saturated rings. The Bertz CT molecular complexity index is 678.